The molecule has 0 aromatic heterocycles. The molecule has 3 aliphatic heterocycles. The molecule has 1 spiro atoms. The summed E-state index contributed by atoms with van der Waals surface area (Å²) in [5.41, 5.74) is 5.02. The Morgan fingerprint density at radius 2 is 1.79 bits per heavy atom. The molecule has 4 aliphatic carbocycles. The quantitative estimate of drug-likeness (QED) is 0.481. The van der Waals surface area contributed by atoms with E-state index in [0.29, 0.717) is 29.5 Å². The van der Waals surface area contributed by atoms with Gasteiger partial charge in [0.25, 0.3) is 0 Å². The number of likely N-dealkylation sites (tertiary alicyclic amines) is 2. The molecular formula is C35H44N2O5. The van der Waals surface area contributed by atoms with Crippen LogP contribution in [-0.2, 0) is 28.4 Å². The van der Waals surface area contributed by atoms with Crippen LogP contribution in [0.3, 0.4) is 0 Å². The first kappa shape index (κ1) is 27.0. The third-order valence-corrected chi connectivity index (χ3v) is 12.1. The van der Waals surface area contributed by atoms with Crippen molar-refractivity contribution < 1.29 is 24.8 Å². The van der Waals surface area contributed by atoms with E-state index in [-0.39, 0.29) is 28.8 Å². The number of rotatable bonds is 3. The lowest BCUT2D eigenvalue weighted by atomic mass is 9.53. The standard InChI is InChI=1S/C18H25NO2.C17H19NO3/c1-18-7-8-19(11-12-3-4-12)16(17(18)21-2)9-13-5-6-14(20)10-15(13)18;1-18-7-6-17-10-3-5-13(20)16(17)21-15-12(19)4-2-9(14(15)17)8-11(10)18/h5-6,10,12,16-17,20H,3-4,7-9,11H2,1-2H3;2-5,10-11,13,16,19-20H,6-8H2,1H3/t16-,17-,18+;10-,11+,13-,16-,17-/m10/s1. The number of ether oxygens (including phenoxy) is 2. The fourth-order valence-electron chi connectivity index (χ4n) is 9.84. The molecule has 0 amide bonds. The Bertz CT molecular complexity index is 1440. The zero-order valence-corrected chi connectivity index (χ0v) is 25.0. The number of piperidine rings is 2. The smallest absolute Gasteiger partial charge is 0.165 e. The maximum absolute atomic E-state index is 10.4. The number of phenols is 2. The molecule has 42 heavy (non-hydrogen) atoms. The van der Waals surface area contributed by atoms with Crippen LogP contribution in [0.5, 0.6) is 17.2 Å². The van der Waals surface area contributed by atoms with Crippen molar-refractivity contribution >= 4 is 0 Å². The predicted molar refractivity (Wildman–Crippen MR) is 160 cm³/mol. The number of aliphatic hydroxyl groups is 1. The molecular weight excluding hydrogens is 528 g/mol. The van der Waals surface area contributed by atoms with Gasteiger partial charge < -0.3 is 29.7 Å². The van der Waals surface area contributed by atoms with Crippen LogP contribution < -0.4 is 4.74 Å². The third-order valence-electron chi connectivity index (χ3n) is 12.1. The van der Waals surface area contributed by atoms with Crippen LogP contribution in [0.25, 0.3) is 0 Å². The second kappa shape index (κ2) is 9.46. The summed E-state index contributed by atoms with van der Waals surface area (Å²) < 4.78 is 12.1. The Balaban J connectivity index is 0.000000127. The first-order valence-electron chi connectivity index (χ1n) is 15.9. The van der Waals surface area contributed by atoms with Gasteiger partial charge in [0.1, 0.15) is 18.0 Å². The Labute approximate surface area is 248 Å². The molecule has 8 atom stereocenters. The molecule has 224 valence electrons. The van der Waals surface area contributed by atoms with Gasteiger partial charge in [-0.25, -0.2) is 0 Å². The second-order valence-corrected chi connectivity index (χ2v) is 14.3. The van der Waals surface area contributed by atoms with E-state index in [4.69, 9.17) is 9.47 Å². The summed E-state index contributed by atoms with van der Waals surface area (Å²) in [4.78, 5) is 5.10. The van der Waals surface area contributed by atoms with Gasteiger partial charge in [-0.05, 0) is 99.5 Å². The number of methoxy groups -OCH3 is 1. The molecule has 1 saturated carbocycles. The van der Waals surface area contributed by atoms with Gasteiger partial charge in [-0.15, -0.1) is 0 Å². The minimum atomic E-state index is -0.594. The molecule has 0 radical (unpaired) electrons. The van der Waals surface area contributed by atoms with Crippen LogP contribution in [0, 0.1) is 11.8 Å². The molecule has 7 heteroatoms. The summed E-state index contributed by atoms with van der Waals surface area (Å²) in [5.74, 6) is 2.49. The maximum atomic E-state index is 10.4. The van der Waals surface area contributed by atoms with E-state index in [2.05, 4.69) is 35.9 Å². The molecule has 2 aromatic rings. The van der Waals surface area contributed by atoms with Gasteiger partial charge in [0.15, 0.2) is 11.5 Å². The number of hydrogen-bond donors (Lipinski definition) is 3. The molecule has 3 N–H and O–H groups in total. The predicted octanol–water partition coefficient (Wildman–Crippen LogP) is 3.90. The second-order valence-electron chi connectivity index (χ2n) is 14.3. The summed E-state index contributed by atoms with van der Waals surface area (Å²) in [6, 6.07) is 10.6. The molecule has 7 aliphatic rings. The number of phenolic OH excluding ortho intramolecular Hbond substituents is 2. The van der Waals surface area contributed by atoms with Crippen molar-refractivity contribution in [3.8, 4) is 17.2 Å². The number of aliphatic hydroxyl groups excluding tert-OH is 1. The zero-order chi connectivity index (χ0) is 29.0. The molecule has 7 nitrogen and oxygen atoms in total. The molecule has 0 unspecified atom stereocenters. The fraction of sp³-hybridized carbons (Fsp3) is 0.600. The van der Waals surface area contributed by atoms with E-state index in [9.17, 15) is 15.3 Å². The first-order chi connectivity index (χ1) is 20.2. The minimum absolute atomic E-state index is 0.0335. The summed E-state index contributed by atoms with van der Waals surface area (Å²) in [6.07, 6.45) is 10.4. The number of aromatic hydroxyl groups is 2. The lowest BCUT2D eigenvalue weighted by Gasteiger charge is -2.56. The Morgan fingerprint density at radius 1 is 1.00 bits per heavy atom. The molecule has 2 saturated heterocycles. The summed E-state index contributed by atoms with van der Waals surface area (Å²) in [7, 11) is 4.04. The van der Waals surface area contributed by atoms with E-state index in [1.807, 2.05) is 31.4 Å². The van der Waals surface area contributed by atoms with Gasteiger partial charge in [-0.2, -0.15) is 0 Å². The molecule has 9 rings (SSSR count). The van der Waals surface area contributed by atoms with Gasteiger partial charge in [0, 0.05) is 48.0 Å². The molecule has 3 heterocycles. The van der Waals surface area contributed by atoms with Crippen LogP contribution >= 0.6 is 0 Å². The van der Waals surface area contributed by atoms with Gasteiger partial charge in [0.05, 0.1) is 6.10 Å². The summed E-state index contributed by atoms with van der Waals surface area (Å²) in [6.45, 7) is 5.73. The Hall–Kier alpha value is -2.58. The van der Waals surface area contributed by atoms with E-state index in [0.717, 1.165) is 44.7 Å². The van der Waals surface area contributed by atoms with Crippen LogP contribution in [0.15, 0.2) is 42.5 Å². The monoisotopic (exact) mass is 572 g/mol. The van der Waals surface area contributed by atoms with Crippen molar-refractivity contribution in [1.82, 2.24) is 9.80 Å². The van der Waals surface area contributed by atoms with Crippen LogP contribution in [0.2, 0.25) is 0 Å². The zero-order valence-electron chi connectivity index (χ0n) is 25.0. The van der Waals surface area contributed by atoms with Crippen LogP contribution in [0.1, 0.15) is 54.9 Å². The van der Waals surface area contributed by atoms with Gasteiger partial charge in [-0.1, -0.05) is 31.2 Å². The van der Waals surface area contributed by atoms with Crippen molar-refractivity contribution in [2.24, 2.45) is 11.8 Å². The van der Waals surface area contributed by atoms with Crippen molar-refractivity contribution in [1.29, 1.82) is 0 Å². The highest BCUT2D eigenvalue weighted by Gasteiger charge is 2.64. The van der Waals surface area contributed by atoms with Crippen molar-refractivity contribution in [2.75, 3.05) is 33.8 Å². The van der Waals surface area contributed by atoms with E-state index in [1.165, 1.54) is 41.6 Å². The number of nitrogens with zero attached hydrogens (tertiary/aromatic N) is 2. The largest absolute Gasteiger partial charge is 0.508 e. The Morgan fingerprint density at radius 3 is 2.57 bits per heavy atom. The van der Waals surface area contributed by atoms with Gasteiger partial charge in [0.2, 0.25) is 0 Å². The average Bonchev–Trinajstić information content (AvgIpc) is 3.73. The molecule has 4 bridgehead atoms. The number of likely N-dealkylation sites (N-methyl/N-ethyl adjacent to an activating group) is 1. The minimum Gasteiger partial charge on any atom is -0.508 e. The van der Waals surface area contributed by atoms with Gasteiger partial charge >= 0.3 is 0 Å². The van der Waals surface area contributed by atoms with Crippen LogP contribution in [0.4, 0.5) is 0 Å². The van der Waals surface area contributed by atoms with Crippen molar-refractivity contribution in [2.45, 2.75) is 86.7 Å². The summed E-state index contributed by atoms with van der Waals surface area (Å²) in [5, 5.41) is 30.5. The maximum Gasteiger partial charge on any atom is 0.165 e. The highest BCUT2D eigenvalue weighted by molar-refractivity contribution is 5.61. The number of hydrogen-bond acceptors (Lipinski definition) is 7. The van der Waals surface area contributed by atoms with E-state index in [1.54, 1.807) is 6.07 Å². The number of fused-ring (bicyclic) bond motifs is 4. The van der Waals surface area contributed by atoms with Crippen molar-refractivity contribution in [3.63, 3.8) is 0 Å². The first-order valence-corrected chi connectivity index (χ1v) is 15.9. The SMILES string of the molecule is CN1CC[C@]23c4c5ccc(O)c4O[C@H]2[C@@H](O)C=C[C@H]3[C@H]1C5.CO[C@@H]1[C@H]2Cc3ccc(O)cc3[C@]1(C)CCN2CC1CC1. The molecule has 3 fully saturated rings. The lowest BCUT2D eigenvalue weighted by Crippen LogP contribution is -2.64. The van der Waals surface area contributed by atoms with E-state index >= 15 is 0 Å². The normalized spacial score (nSPS) is 39.0. The topological polar surface area (TPSA) is 85.6 Å². The highest BCUT2D eigenvalue weighted by Crippen LogP contribution is 2.62. The third kappa shape index (κ3) is 3.73. The van der Waals surface area contributed by atoms with Crippen LogP contribution in [-0.4, -0.2) is 89.3 Å². The Kier molecular flexibility index (Phi) is 6.08. The number of benzene rings is 2. The van der Waals surface area contributed by atoms with Crippen molar-refractivity contribution in [3.05, 3.63) is 64.7 Å². The summed E-state index contributed by atoms with van der Waals surface area (Å²) >= 11 is 0. The lowest BCUT2D eigenvalue weighted by molar-refractivity contribution is -0.0758. The average molecular weight is 573 g/mol. The van der Waals surface area contributed by atoms with Gasteiger partial charge in [-0.3, -0.25) is 4.90 Å². The highest BCUT2D eigenvalue weighted by atomic mass is 16.5. The van der Waals surface area contributed by atoms with E-state index < -0.39 is 6.10 Å². The molecule has 2 aromatic carbocycles. The fourth-order valence-corrected chi connectivity index (χ4v) is 9.84.